The molecule has 0 bridgehead atoms. The van der Waals surface area contributed by atoms with Gasteiger partial charge in [0.2, 0.25) is 0 Å². The van der Waals surface area contributed by atoms with Gasteiger partial charge in [-0.15, -0.1) is 0 Å². The second-order valence-corrected chi connectivity index (χ2v) is 1.97. The van der Waals surface area contributed by atoms with E-state index in [1.165, 1.54) is 0 Å². The van der Waals surface area contributed by atoms with Gasteiger partial charge < -0.3 is 20.4 Å². The zero-order chi connectivity index (χ0) is 11.0. The third kappa shape index (κ3) is 22.4. The smallest absolute Gasteiger partial charge is 0.333 e. The summed E-state index contributed by atoms with van der Waals surface area (Å²) in [5.41, 5.74) is 0. The summed E-state index contributed by atoms with van der Waals surface area (Å²) >= 11 is 0. The maximum Gasteiger partial charge on any atom is 0.333 e. The molecule has 0 aromatic heterocycles. The summed E-state index contributed by atoms with van der Waals surface area (Å²) in [4.78, 5) is 28.4. The standard InChI is InChI=1S/C4H6O5.C2H4O2.Cu/c5-2(4(8)9)1-3(6)7;1-2(3)4;/h2,5H,1H2,(H,6,7)(H,8,9);1H3,(H,3,4);. The van der Waals surface area contributed by atoms with Crippen molar-refractivity contribution < 1.29 is 51.9 Å². The van der Waals surface area contributed by atoms with Crippen molar-refractivity contribution in [3.05, 3.63) is 0 Å². The molecule has 87 valence electrons. The van der Waals surface area contributed by atoms with Gasteiger partial charge >= 0.3 is 11.9 Å². The first-order valence-corrected chi connectivity index (χ1v) is 3.09. The molecule has 1 radical (unpaired) electrons. The molecule has 0 spiro atoms. The molecule has 1 atom stereocenters. The van der Waals surface area contributed by atoms with E-state index >= 15 is 0 Å². The van der Waals surface area contributed by atoms with Gasteiger partial charge in [-0.1, -0.05) is 0 Å². The Hall–Kier alpha value is -1.11. The Balaban J connectivity index is -0.000000209. The summed E-state index contributed by atoms with van der Waals surface area (Å²) in [7, 11) is 0. The van der Waals surface area contributed by atoms with Crippen LogP contribution in [0.25, 0.3) is 0 Å². The van der Waals surface area contributed by atoms with Gasteiger partial charge in [0.05, 0.1) is 6.42 Å². The Morgan fingerprint density at radius 2 is 1.43 bits per heavy atom. The van der Waals surface area contributed by atoms with Gasteiger partial charge in [0.15, 0.2) is 6.10 Å². The van der Waals surface area contributed by atoms with Crippen LogP contribution >= 0.6 is 0 Å². The van der Waals surface area contributed by atoms with Crippen molar-refractivity contribution >= 4 is 17.9 Å². The van der Waals surface area contributed by atoms with Crippen LogP contribution < -0.4 is 0 Å². The van der Waals surface area contributed by atoms with Crippen LogP contribution in [0.15, 0.2) is 0 Å². The van der Waals surface area contributed by atoms with E-state index in [9.17, 15) is 9.59 Å². The normalized spacial score (nSPS) is 9.86. The maximum atomic E-state index is 9.72. The fourth-order valence-electron chi connectivity index (χ4n) is 0.253. The SMILES string of the molecule is CC(=O)O.O=C(O)CC(O)C(=O)O.[Cu]. The Labute approximate surface area is 89.8 Å². The molecular weight excluding hydrogens is 248 g/mol. The predicted molar refractivity (Wildman–Crippen MR) is 39.2 cm³/mol. The molecule has 0 saturated carbocycles. The molecule has 0 aliphatic carbocycles. The number of carboxylic acids is 3. The molecule has 0 rings (SSSR count). The number of rotatable bonds is 3. The second kappa shape index (κ2) is 9.97. The van der Waals surface area contributed by atoms with Crippen LogP contribution in [0.1, 0.15) is 13.3 Å². The van der Waals surface area contributed by atoms with Crippen LogP contribution in [0.4, 0.5) is 0 Å². The van der Waals surface area contributed by atoms with Crippen LogP contribution in [-0.4, -0.2) is 44.4 Å². The van der Waals surface area contributed by atoms with Crippen molar-refractivity contribution in [3.8, 4) is 0 Å². The van der Waals surface area contributed by atoms with E-state index in [2.05, 4.69) is 0 Å². The molecule has 1 unspecified atom stereocenters. The second-order valence-electron chi connectivity index (χ2n) is 1.97. The molecular formula is C6H10CuO7. The molecule has 0 aliphatic rings. The third-order valence-corrected chi connectivity index (χ3v) is 0.653. The number of hydrogen-bond donors (Lipinski definition) is 4. The molecule has 0 heterocycles. The van der Waals surface area contributed by atoms with Gasteiger partial charge in [0.25, 0.3) is 5.97 Å². The van der Waals surface area contributed by atoms with Crippen molar-refractivity contribution in [1.29, 1.82) is 0 Å². The molecule has 0 saturated heterocycles. The van der Waals surface area contributed by atoms with E-state index in [0.717, 1.165) is 6.92 Å². The van der Waals surface area contributed by atoms with Gasteiger partial charge in [-0.25, -0.2) is 4.79 Å². The first-order chi connectivity index (χ1) is 5.77. The quantitative estimate of drug-likeness (QED) is 0.477. The molecule has 0 amide bonds. The first kappa shape index (κ1) is 18.6. The van der Waals surface area contributed by atoms with Gasteiger partial charge in [0.1, 0.15) is 0 Å². The number of hydrogen-bond acceptors (Lipinski definition) is 4. The van der Waals surface area contributed by atoms with Crippen LogP contribution in [-0.2, 0) is 31.5 Å². The summed E-state index contributed by atoms with van der Waals surface area (Å²) < 4.78 is 0. The van der Waals surface area contributed by atoms with Gasteiger partial charge in [-0.05, 0) is 0 Å². The number of aliphatic carboxylic acids is 3. The molecule has 0 aliphatic heterocycles. The number of carboxylic acid groups (broad SMARTS) is 3. The summed E-state index contributed by atoms with van der Waals surface area (Å²) in [6, 6.07) is 0. The van der Waals surface area contributed by atoms with Crippen molar-refractivity contribution in [2.24, 2.45) is 0 Å². The largest absolute Gasteiger partial charge is 0.481 e. The van der Waals surface area contributed by atoms with E-state index in [1.54, 1.807) is 0 Å². The van der Waals surface area contributed by atoms with Gasteiger partial charge in [-0.3, -0.25) is 9.59 Å². The minimum absolute atomic E-state index is 0. The zero-order valence-electron chi connectivity index (χ0n) is 7.10. The maximum absolute atomic E-state index is 9.72. The van der Waals surface area contributed by atoms with Crippen molar-refractivity contribution in [2.45, 2.75) is 19.4 Å². The predicted octanol–water partition coefficient (Wildman–Crippen LogP) is -1.00. The van der Waals surface area contributed by atoms with E-state index in [1.807, 2.05) is 0 Å². The van der Waals surface area contributed by atoms with Gasteiger partial charge in [0, 0.05) is 24.0 Å². The van der Waals surface area contributed by atoms with Gasteiger partial charge in [-0.2, -0.15) is 0 Å². The molecule has 0 aromatic rings. The molecule has 0 aromatic carbocycles. The third-order valence-electron chi connectivity index (χ3n) is 0.653. The minimum atomic E-state index is -1.79. The molecule has 8 heteroatoms. The Bertz CT molecular complexity index is 198. The van der Waals surface area contributed by atoms with Crippen LogP contribution in [0, 0.1) is 0 Å². The van der Waals surface area contributed by atoms with E-state index < -0.39 is 30.4 Å². The number of carbonyl (C=O) groups is 3. The van der Waals surface area contributed by atoms with Crippen LogP contribution in [0.3, 0.4) is 0 Å². The summed E-state index contributed by atoms with van der Waals surface area (Å²) in [5, 5.41) is 31.6. The molecule has 0 fully saturated rings. The molecule has 7 nitrogen and oxygen atoms in total. The summed E-state index contributed by atoms with van der Waals surface area (Å²) in [6.45, 7) is 1.08. The zero-order valence-corrected chi connectivity index (χ0v) is 8.04. The van der Waals surface area contributed by atoms with Crippen molar-refractivity contribution in [1.82, 2.24) is 0 Å². The first-order valence-electron chi connectivity index (χ1n) is 3.09. The van der Waals surface area contributed by atoms with E-state index in [0.29, 0.717) is 0 Å². The van der Waals surface area contributed by atoms with Crippen LogP contribution in [0.2, 0.25) is 0 Å². The Morgan fingerprint density at radius 3 is 1.50 bits per heavy atom. The fraction of sp³-hybridized carbons (Fsp3) is 0.500. The topological polar surface area (TPSA) is 132 Å². The summed E-state index contributed by atoms with van der Waals surface area (Å²) in [5.74, 6) is -3.68. The molecule has 4 N–H and O–H groups in total. The number of aliphatic hydroxyl groups excluding tert-OH is 1. The average molecular weight is 258 g/mol. The Kier molecular flexibility index (Phi) is 13.3. The monoisotopic (exact) mass is 257 g/mol. The van der Waals surface area contributed by atoms with E-state index in [4.69, 9.17) is 25.2 Å². The fourth-order valence-corrected chi connectivity index (χ4v) is 0.253. The average Bonchev–Trinajstić information content (AvgIpc) is 1.83. The molecule has 14 heavy (non-hydrogen) atoms. The number of aliphatic hydroxyl groups is 1. The van der Waals surface area contributed by atoms with Crippen molar-refractivity contribution in [2.75, 3.05) is 0 Å². The van der Waals surface area contributed by atoms with Crippen LogP contribution in [0.5, 0.6) is 0 Å². The minimum Gasteiger partial charge on any atom is -0.481 e. The van der Waals surface area contributed by atoms with E-state index in [-0.39, 0.29) is 17.1 Å². The van der Waals surface area contributed by atoms with Crippen molar-refractivity contribution in [3.63, 3.8) is 0 Å². The Morgan fingerprint density at radius 1 is 1.14 bits per heavy atom. The summed E-state index contributed by atoms with van der Waals surface area (Å²) in [6.07, 6.45) is -2.54.